The number of rotatable bonds is 7. The number of nitrogens with zero attached hydrogens (tertiary/aromatic N) is 2. The maximum absolute atomic E-state index is 11.5. The van der Waals surface area contributed by atoms with Crippen molar-refractivity contribution in [1.82, 2.24) is 15.1 Å². The van der Waals surface area contributed by atoms with Crippen LogP contribution in [0.5, 0.6) is 0 Å². The molecule has 0 amide bonds. The molecule has 1 aliphatic heterocycles. The van der Waals surface area contributed by atoms with Crippen molar-refractivity contribution in [1.29, 1.82) is 0 Å². The summed E-state index contributed by atoms with van der Waals surface area (Å²) in [6, 6.07) is 8.85. The molecule has 1 saturated carbocycles. The predicted octanol–water partition coefficient (Wildman–Crippen LogP) is 3.32. The molecule has 1 heterocycles. The summed E-state index contributed by atoms with van der Waals surface area (Å²) in [5.74, 6) is 0.151. The second-order valence-electron chi connectivity index (χ2n) is 8.02. The molecule has 26 heavy (non-hydrogen) atoms. The van der Waals surface area contributed by atoms with E-state index in [9.17, 15) is 4.79 Å². The van der Waals surface area contributed by atoms with E-state index in [1.165, 1.54) is 50.6 Å². The second kappa shape index (κ2) is 10.2. The standard InChI is InChI=1S/C22H35N3O/c1-19(26)21-8-6-7-20(17-21)18-25-15-13-24(14-16-25)12-11-23-22-9-4-2-3-5-10-22/h6-8,17,22-23H,2-5,9-16,18H2,1H3. The van der Waals surface area contributed by atoms with Gasteiger partial charge in [0.05, 0.1) is 0 Å². The van der Waals surface area contributed by atoms with Crippen molar-refractivity contribution in [3.63, 3.8) is 0 Å². The lowest BCUT2D eigenvalue weighted by molar-refractivity contribution is 0.101. The first-order chi connectivity index (χ1) is 12.7. The summed E-state index contributed by atoms with van der Waals surface area (Å²) in [5, 5.41) is 3.79. The molecule has 1 saturated heterocycles. The minimum absolute atomic E-state index is 0.151. The van der Waals surface area contributed by atoms with Crippen LogP contribution >= 0.6 is 0 Å². The van der Waals surface area contributed by atoms with Crippen molar-refractivity contribution >= 4 is 5.78 Å². The number of carbonyl (C=O) groups is 1. The molecule has 1 aromatic rings. The van der Waals surface area contributed by atoms with Gasteiger partial charge in [-0.3, -0.25) is 14.6 Å². The molecule has 1 aliphatic carbocycles. The quantitative estimate of drug-likeness (QED) is 0.600. The predicted molar refractivity (Wildman–Crippen MR) is 108 cm³/mol. The van der Waals surface area contributed by atoms with Crippen molar-refractivity contribution < 1.29 is 4.79 Å². The Balaban J connectivity index is 1.35. The molecule has 2 fully saturated rings. The van der Waals surface area contributed by atoms with Gasteiger partial charge < -0.3 is 5.32 Å². The number of benzene rings is 1. The number of ketones is 1. The van der Waals surface area contributed by atoms with Crippen LogP contribution in [0.1, 0.15) is 61.4 Å². The zero-order valence-corrected chi connectivity index (χ0v) is 16.4. The molecule has 2 aliphatic rings. The first kappa shape index (κ1) is 19.5. The summed E-state index contributed by atoms with van der Waals surface area (Å²) in [6.07, 6.45) is 8.40. The summed E-state index contributed by atoms with van der Waals surface area (Å²) in [6.45, 7) is 9.44. The third-order valence-corrected chi connectivity index (χ3v) is 5.92. The van der Waals surface area contributed by atoms with Crippen LogP contribution in [-0.2, 0) is 6.54 Å². The Bertz CT molecular complexity index is 558. The van der Waals surface area contributed by atoms with Crippen molar-refractivity contribution in [2.45, 2.75) is 58.0 Å². The maximum Gasteiger partial charge on any atom is 0.159 e. The Morgan fingerprint density at radius 1 is 1.04 bits per heavy atom. The van der Waals surface area contributed by atoms with E-state index in [4.69, 9.17) is 0 Å². The molecule has 0 aromatic heterocycles. The molecule has 1 N–H and O–H groups in total. The summed E-state index contributed by atoms with van der Waals surface area (Å²) in [4.78, 5) is 16.6. The minimum atomic E-state index is 0.151. The maximum atomic E-state index is 11.5. The number of Topliss-reactive ketones (excluding diaryl/α,β-unsaturated/α-hetero) is 1. The van der Waals surface area contributed by atoms with E-state index in [-0.39, 0.29) is 5.78 Å². The summed E-state index contributed by atoms with van der Waals surface area (Å²) >= 11 is 0. The first-order valence-electron chi connectivity index (χ1n) is 10.5. The van der Waals surface area contributed by atoms with Gasteiger partial charge in [-0.15, -0.1) is 0 Å². The molecule has 144 valence electrons. The molecular weight excluding hydrogens is 322 g/mol. The monoisotopic (exact) mass is 357 g/mol. The number of hydrogen-bond donors (Lipinski definition) is 1. The zero-order chi connectivity index (χ0) is 18.2. The molecule has 4 nitrogen and oxygen atoms in total. The highest BCUT2D eigenvalue weighted by Gasteiger charge is 2.18. The molecule has 0 atom stereocenters. The first-order valence-corrected chi connectivity index (χ1v) is 10.5. The average molecular weight is 358 g/mol. The fourth-order valence-electron chi connectivity index (χ4n) is 4.23. The number of piperazine rings is 1. The van der Waals surface area contributed by atoms with Gasteiger partial charge in [-0.05, 0) is 31.4 Å². The van der Waals surface area contributed by atoms with Crippen molar-refractivity contribution in [3.05, 3.63) is 35.4 Å². The van der Waals surface area contributed by atoms with Crippen LogP contribution in [0.25, 0.3) is 0 Å². The molecule has 0 unspecified atom stereocenters. The Hall–Kier alpha value is -1.23. The summed E-state index contributed by atoms with van der Waals surface area (Å²) in [5.41, 5.74) is 2.08. The molecule has 4 heteroatoms. The Morgan fingerprint density at radius 2 is 1.73 bits per heavy atom. The Morgan fingerprint density at radius 3 is 2.42 bits per heavy atom. The molecule has 3 rings (SSSR count). The van der Waals surface area contributed by atoms with Crippen LogP contribution in [0.4, 0.5) is 0 Å². The van der Waals surface area contributed by atoms with Crippen LogP contribution in [0.2, 0.25) is 0 Å². The van der Waals surface area contributed by atoms with Crippen molar-refractivity contribution in [2.24, 2.45) is 0 Å². The highest BCUT2D eigenvalue weighted by atomic mass is 16.1. The zero-order valence-electron chi connectivity index (χ0n) is 16.4. The van der Waals surface area contributed by atoms with E-state index in [2.05, 4.69) is 21.2 Å². The smallest absolute Gasteiger partial charge is 0.159 e. The Labute approximate surface area is 158 Å². The number of nitrogens with one attached hydrogen (secondary N) is 1. The number of carbonyl (C=O) groups excluding carboxylic acids is 1. The van der Waals surface area contributed by atoms with E-state index in [0.29, 0.717) is 0 Å². The van der Waals surface area contributed by atoms with Crippen LogP contribution in [0.3, 0.4) is 0 Å². The van der Waals surface area contributed by atoms with Gasteiger partial charge in [-0.2, -0.15) is 0 Å². The molecule has 0 radical (unpaired) electrons. The SMILES string of the molecule is CC(=O)c1cccc(CN2CCN(CCNC3CCCCCC3)CC2)c1. The summed E-state index contributed by atoms with van der Waals surface area (Å²) < 4.78 is 0. The average Bonchev–Trinajstić information content (AvgIpc) is 2.92. The van der Waals surface area contributed by atoms with E-state index in [1.807, 2.05) is 18.2 Å². The molecular formula is C22H35N3O. The van der Waals surface area contributed by atoms with Crippen LogP contribution in [0.15, 0.2) is 24.3 Å². The molecule has 0 spiro atoms. The Kier molecular flexibility index (Phi) is 7.66. The van der Waals surface area contributed by atoms with E-state index < -0.39 is 0 Å². The van der Waals surface area contributed by atoms with Gasteiger partial charge in [0.25, 0.3) is 0 Å². The highest BCUT2D eigenvalue weighted by molar-refractivity contribution is 5.94. The van der Waals surface area contributed by atoms with Gasteiger partial charge in [-0.1, -0.05) is 43.9 Å². The number of hydrogen-bond acceptors (Lipinski definition) is 4. The van der Waals surface area contributed by atoms with Gasteiger partial charge in [0.1, 0.15) is 0 Å². The van der Waals surface area contributed by atoms with Crippen LogP contribution in [0, 0.1) is 0 Å². The van der Waals surface area contributed by atoms with Crippen molar-refractivity contribution in [2.75, 3.05) is 39.3 Å². The molecule has 1 aromatic carbocycles. The highest BCUT2D eigenvalue weighted by Crippen LogP contribution is 2.17. The van der Waals surface area contributed by atoms with Gasteiger partial charge in [0.15, 0.2) is 5.78 Å². The third-order valence-electron chi connectivity index (χ3n) is 5.92. The van der Waals surface area contributed by atoms with Gasteiger partial charge in [-0.25, -0.2) is 0 Å². The third kappa shape index (κ3) is 6.19. The van der Waals surface area contributed by atoms with Crippen LogP contribution in [-0.4, -0.2) is 60.9 Å². The normalized spacial score (nSPS) is 20.8. The molecule has 0 bridgehead atoms. The lowest BCUT2D eigenvalue weighted by Crippen LogP contribution is -2.48. The van der Waals surface area contributed by atoms with E-state index >= 15 is 0 Å². The minimum Gasteiger partial charge on any atom is -0.313 e. The summed E-state index contributed by atoms with van der Waals surface area (Å²) in [7, 11) is 0. The van der Waals surface area contributed by atoms with Gasteiger partial charge >= 0.3 is 0 Å². The lowest BCUT2D eigenvalue weighted by atomic mass is 10.1. The van der Waals surface area contributed by atoms with Gasteiger partial charge in [0, 0.05) is 57.4 Å². The van der Waals surface area contributed by atoms with E-state index in [0.717, 1.165) is 50.9 Å². The van der Waals surface area contributed by atoms with Crippen molar-refractivity contribution in [3.8, 4) is 0 Å². The topological polar surface area (TPSA) is 35.6 Å². The second-order valence-corrected chi connectivity index (χ2v) is 8.02. The fourth-order valence-corrected chi connectivity index (χ4v) is 4.23. The van der Waals surface area contributed by atoms with E-state index in [1.54, 1.807) is 6.92 Å². The fraction of sp³-hybridized carbons (Fsp3) is 0.682. The van der Waals surface area contributed by atoms with Crippen LogP contribution < -0.4 is 5.32 Å². The van der Waals surface area contributed by atoms with Gasteiger partial charge in [0.2, 0.25) is 0 Å². The lowest BCUT2D eigenvalue weighted by Gasteiger charge is -2.35. The largest absolute Gasteiger partial charge is 0.313 e.